The molecule has 2 nitrogen and oxygen atoms in total. The number of nitrogens with one attached hydrogen (secondary N) is 1. The predicted molar refractivity (Wildman–Crippen MR) is 41.3 cm³/mol. The van der Waals surface area contributed by atoms with Gasteiger partial charge in [0.2, 0.25) is 0 Å². The zero-order valence-corrected chi connectivity index (χ0v) is 6.81. The lowest BCUT2D eigenvalue weighted by Gasteiger charge is -1.98. The number of nitrogens with zero attached hydrogens (tertiary/aromatic N) is 1. The van der Waals surface area contributed by atoms with Crippen molar-refractivity contribution in [2.45, 2.75) is 19.9 Å². The Morgan fingerprint density at radius 3 is 2.44 bits per heavy atom. The van der Waals surface area contributed by atoms with Gasteiger partial charge in [-0.3, -0.25) is 0 Å². The molecule has 0 spiro atoms. The molecule has 0 atom stereocenters. The lowest BCUT2D eigenvalue weighted by atomic mass is 10.4. The molecular weight excluding hydrogens is 112 g/mol. The van der Waals surface area contributed by atoms with Crippen LogP contribution < -0.4 is 5.32 Å². The van der Waals surface area contributed by atoms with Crippen molar-refractivity contribution in [1.82, 2.24) is 5.32 Å². The Hall–Kier alpha value is -0.370. The minimum absolute atomic E-state index is 0.610. The lowest BCUT2D eigenvalue weighted by molar-refractivity contribution is -0.525. The average Bonchev–Trinajstić information content (AvgIpc) is 1.82. The first kappa shape index (κ1) is 8.63. The van der Waals surface area contributed by atoms with Gasteiger partial charge >= 0.3 is 0 Å². The van der Waals surface area contributed by atoms with E-state index in [-0.39, 0.29) is 0 Å². The first-order valence-electron chi connectivity index (χ1n) is 3.38. The topological polar surface area (TPSA) is 15.0 Å². The van der Waals surface area contributed by atoms with Crippen LogP contribution in [0.5, 0.6) is 0 Å². The Morgan fingerprint density at radius 1 is 1.56 bits per heavy atom. The molecule has 0 radical (unpaired) electrons. The largest absolute Gasteiger partial charge is 0.311 e. The maximum atomic E-state index is 3.06. The van der Waals surface area contributed by atoms with E-state index in [1.165, 1.54) is 0 Å². The Balaban J connectivity index is 3.55. The van der Waals surface area contributed by atoms with E-state index in [1.54, 1.807) is 0 Å². The van der Waals surface area contributed by atoms with E-state index in [2.05, 4.69) is 37.0 Å². The van der Waals surface area contributed by atoms with Gasteiger partial charge in [-0.05, 0) is 20.9 Å². The van der Waals surface area contributed by atoms with Crippen LogP contribution in [0.15, 0.2) is 0 Å². The van der Waals surface area contributed by atoms with E-state index in [0.29, 0.717) is 6.04 Å². The van der Waals surface area contributed by atoms with Crippen LogP contribution in [0.25, 0.3) is 0 Å². The van der Waals surface area contributed by atoms with Crippen molar-refractivity contribution >= 4 is 6.21 Å². The van der Waals surface area contributed by atoms with Gasteiger partial charge in [0.15, 0.2) is 6.21 Å². The summed E-state index contributed by atoms with van der Waals surface area (Å²) < 4.78 is 2.19. The van der Waals surface area contributed by atoms with Gasteiger partial charge in [-0.2, -0.15) is 0 Å². The first-order valence-corrected chi connectivity index (χ1v) is 3.38. The second kappa shape index (κ2) is 4.50. The molecule has 1 N–H and O–H groups in total. The molecular formula is C7H17N2+. The van der Waals surface area contributed by atoms with Gasteiger partial charge in [0.1, 0.15) is 13.1 Å². The molecule has 0 unspecified atom stereocenters. The summed E-state index contributed by atoms with van der Waals surface area (Å²) in [4.78, 5) is 0. The Morgan fingerprint density at radius 2 is 2.11 bits per heavy atom. The molecule has 0 amide bonds. The van der Waals surface area contributed by atoms with Gasteiger partial charge in [0.25, 0.3) is 0 Å². The second-order valence-electron chi connectivity index (χ2n) is 2.50. The van der Waals surface area contributed by atoms with E-state index >= 15 is 0 Å². The first-order chi connectivity index (χ1) is 4.18. The van der Waals surface area contributed by atoms with Gasteiger partial charge in [0.05, 0.1) is 6.54 Å². The molecule has 0 aromatic carbocycles. The number of rotatable bonds is 3. The minimum atomic E-state index is 0.610. The summed E-state index contributed by atoms with van der Waals surface area (Å²) in [6.07, 6.45) is 2.14. The predicted octanol–water partition coefficient (Wildman–Crippen LogP) is 0.327. The van der Waals surface area contributed by atoms with Crippen LogP contribution >= 0.6 is 0 Å². The van der Waals surface area contributed by atoms with Crippen LogP contribution in [0, 0.1) is 0 Å². The van der Waals surface area contributed by atoms with Crippen LogP contribution in [0.2, 0.25) is 0 Å². The fraction of sp³-hybridized carbons (Fsp3) is 0.857. The highest BCUT2D eigenvalue weighted by Crippen LogP contribution is 1.80. The van der Waals surface area contributed by atoms with Crippen LogP contribution in [0.1, 0.15) is 13.8 Å². The Kier molecular flexibility index (Phi) is 4.32. The third-order valence-corrected chi connectivity index (χ3v) is 1.40. The van der Waals surface area contributed by atoms with Gasteiger partial charge in [-0.15, -0.1) is 0 Å². The summed E-state index contributed by atoms with van der Waals surface area (Å²) in [6, 6.07) is 0.610. The zero-order valence-electron chi connectivity index (χ0n) is 6.81. The van der Waals surface area contributed by atoms with Gasteiger partial charge in [-0.25, -0.2) is 4.58 Å². The third kappa shape index (κ3) is 4.15. The molecule has 0 saturated carbocycles. The van der Waals surface area contributed by atoms with Crippen molar-refractivity contribution in [1.29, 1.82) is 0 Å². The summed E-state index contributed by atoms with van der Waals surface area (Å²) in [5.74, 6) is 0. The molecule has 0 aromatic heterocycles. The van der Waals surface area contributed by atoms with E-state index in [9.17, 15) is 0 Å². The zero-order chi connectivity index (χ0) is 7.28. The normalized spacial score (nSPS) is 12.8. The molecule has 0 saturated heterocycles. The SMILES string of the molecule is CNCC=[N+](C)C(C)C. The van der Waals surface area contributed by atoms with E-state index in [4.69, 9.17) is 0 Å². The van der Waals surface area contributed by atoms with Gasteiger partial charge in [-0.1, -0.05) is 0 Å². The van der Waals surface area contributed by atoms with E-state index < -0.39 is 0 Å². The fourth-order valence-electron chi connectivity index (χ4n) is 0.446. The van der Waals surface area contributed by atoms with Crippen molar-refractivity contribution in [2.75, 3.05) is 20.6 Å². The van der Waals surface area contributed by atoms with Crippen LogP contribution in [0.4, 0.5) is 0 Å². The highest BCUT2D eigenvalue weighted by atomic mass is 15.0. The number of hydrogen-bond acceptors (Lipinski definition) is 1. The van der Waals surface area contributed by atoms with Crippen LogP contribution in [0.3, 0.4) is 0 Å². The maximum absolute atomic E-state index is 3.06. The quantitative estimate of drug-likeness (QED) is 0.428. The highest BCUT2D eigenvalue weighted by molar-refractivity contribution is 5.53. The van der Waals surface area contributed by atoms with E-state index in [1.807, 2.05) is 7.05 Å². The Bertz CT molecular complexity index is 95.1. The molecule has 0 aliphatic carbocycles. The summed E-state index contributed by atoms with van der Waals surface area (Å²) >= 11 is 0. The molecule has 0 aromatic rings. The van der Waals surface area contributed by atoms with Crippen molar-refractivity contribution in [3.8, 4) is 0 Å². The van der Waals surface area contributed by atoms with E-state index in [0.717, 1.165) is 6.54 Å². The molecule has 2 heteroatoms. The minimum Gasteiger partial charge on any atom is -0.311 e. The molecule has 0 bridgehead atoms. The monoisotopic (exact) mass is 129 g/mol. The highest BCUT2D eigenvalue weighted by Gasteiger charge is 1.98. The summed E-state index contributed by atoms with van der Waals surface area (Å²) in [6.45, 7) is 5.30. The average molecular weight is 129 g/mol. The smallest absolute Gasteiger partial charge is 0.153 e. The molecule has 0 heterocycles. The third-order valence-electron chi connectivity index (χ3n) is 1.40. The molecule has 0 fully saturated rings. The molecule has 0 aliphatic rings. The maximum Gasteiger partial charge on any atom is 0.153 e. The van der Waals surface area contributed by atoms with Crippen LogP contribution in [-0.4, -0.2) is 37.5 Å². The summed E-state index contributed by atoms with van der Waals surface area (Å²) in [5, 5.41) is 3.06. The van der Waals surface area contributed by atoms with Crippen molar-refractivity contribution in [3.63, 3.8) is 0 Å². The van der Waals surface area contributed by atoms with Gasteiger partial charge in [0, 0.05) is 0 Å². The van der Waals surface area contributed by atoms with Crippen molar-refractivity contribution < 1.29 is 4.58 Å². The second-order valence-corrected chi connectivity index (χ2v) is 2.50. The van der Waals surface area contributed by atoms with Gasteiger partial charge < -0.3 is 5.32 Å². The van der Waals surface area contributed by atoms with Crippen molar-refractivity contribution in [3.05, 3.63) is 0 Å². The molecule has 9 heavy (non-hydrogen) atoms. The standard InChI is InChI=1S/C7H17N2/c1-7(2)9(4)6-5-8-3/h6-8H,5H2,1-4H3/q+1. The summed E-state index contributed by atoms with van der Waals surface area (Å²) in [5.41, 5.74) is 0. The summed E-state index contributed by atoms with van der Waals surface area (Å²) in [7, 11) is 4.03. The number of hydrogen-bond donors (Lipinski definition) is 1. The fourth-order valence-corrected chi connectivity index (χ4v) is 0.446. The van der Waals surface area contributed by atoms with Crippen LogP contribution in [-0.2, 0) is 0 Å². The molecule has 0 aliphatic heterocycles. The Labute approximate surface area is 57.6 Å². The molecule has 0 rings (SSSR count). The lowest BCUT2D eigenvalue weighted by Crippen LogP contribution is -2.22. The van der Waals surface area contributed by atoms with Crippen molar-refractivity contribution in [2.24, 2.45) is 0 Å². The molecule has 54 valence electrons.